The highest BCUT2D eigenvalue weighted by atomic mass is 32.2. The SMILES string of the molecule is CC(NC(=O)c1ccc2c(c1)NC(=O)CO2)c1ccc(S(C)(=O)=O)cc1. The summed E-state index contributed by atoms with van der Waals surface area (Å²) < 4.78 is 28.3. The highest BCUT2D eigenvalue weighted by Gasteiger charge is 2.19. The van der Waals surface area contributed by atoms with E-state index in [1.54, 1.807) is 37.3 Å². The van der Waals surface area contributed by atoms with E-state index >= 15 is 0 Å². The van der Waals surface area contributed by atoms with Gasteiger partial charge in [0, 0.05) is 11.8 Å². The van der Waals surface area contributed by atoms with E-state index < -0.39 is 9.84 Å². The molecule has 1 heterocycles. The monoisotopic (exact) mass is 374 g/mol. The molecule has 1 aliphatic rings. The van der Waals surface area contributed by atoms with Crippen LogP contribution in [0.25, 0.3) is 0 Å². The number of carbonyl (C=O) groups is 2. The maximum atomic E-state index is 12.5. The van der Waals surface area contributed by atoms with Gasteiger partial charge in [0.1, 0.15) is 5.75 Å². The number of ether oxygens (including phenoxy) is 1. The fourth-order valence-electron chi connectivity index (χ4n) is 2.59. The molecule has 2 N–H and O–H groups in total. The van der Waals surface area contributed by atoms with E-state index in [9.17, 15) is 18.0 Å². The maximum absolute atomic E-state index is 12.5. The van der Waals surface area contributed by atoms with E-state index in [2.05, 4.69) is 10.6 Å². The molecule has 2 amide bonds. The number of hydrogen-bond acceptors (Lipinski definition) is 5. The Morgan fingerprint density at radius 3 is 2.54 bits per heavy atom. The zero-order valence-electron chi connectivity index (χ0n) is 14.3. The molecule has 2 aromatic rings. The molecule has 0 radical (unpaired) electrons. The van der Waals surface area contributed by atoms with Gasteiger partial charge in [0.2, 0.25) is 0 Å². The summed E-state index contributed by atoms with van der Waals surface area (Å²) in [6, 6.07) is 10.8. The molecule has 136 valence electrons. The molecule has 1 unspecified atom stereocenters. The van der Waals surface area contributed by atoms with Crippen LogP contribution in [-0.4, -0.2) is 33.1 Å². The molecular weight excluding hydrogens is 356 g/mol. The lowest BCUT2D eigenvalue weighted by Gasteiger charge is -2.19. The van der Waals surface area contributed by atoms with Crippen LogP contribution in [0.1, 0.15) is 28.9 Å². The maximum Gasteiger partial charge on any atom is 0.262 e. The molecule has 0 bridgehead atoms. The van der Waals surface area contributed by atoms with Crippen LogP contribution in [0.5, 0.6) is 5.75 Å². The number of amides is 2. The minimum Gasteiger partial charge on any atom is -0.482 e. The van der Waals surface area contributed by atoms with Gasteiger partial charge in [-0.2, -0.15) is 0 Å². The molecule has 26 heavy (non-hydrogen) atoms. The normalized spacial score (nSPS) is 14.6. The summed E-state index contributed by atoms with van der Waals surface area (Å²) in [5.74, 6) is -0.0627. The molecule has 2 aromatic carbocycles. The van der Waals surface area contributed by atoms with E-state index in [0.717, 1.165) is 11.8 Å². The van der Waals surface area contributed by atoms with Crippen molar-refractivity contribution < 1.29 is 22.7 Å². The van der Waals surface area contributed by atoms with E-state index in [0.29, 0.717) is 17.0 Å². The van der Waals surface area contributed by atoms with Crippen LogP contribution in [0, 0.1) is 0 Å². The molecular formula is C18H18N2O5S. The Kier molecular flexibility index (Phi) is 4.69. The molecule has 0 fully saturated rings. The zero-order valence-corrected chi connectivity index (χ0v) is 15.1. The van der Waals surface area contributed by atoms with Crippen molar-refractivity contribution >= 4 is 27.3 Å². The third kappa shape index (κ3) is 3.85. The lowest BCUT2D eigenvalue weighted by atomic mass is 10.1. The van der Waals surface area contributed by atoms with Gasteiger partial charge in [-0.25, -0.2) is 8.42 Å². The van der Waals surface area contributed by atoms with E-state index in [1.807, 2.05) is 0 Å². The van der Waals surface area contributed by atoms with Crippen molar-refractivity contribution in [2.24, 2.45) is 0 Å². The van der Waals surface area contributed by atoms with Crippen LogP contribution < -0.4 is 15.4 Å². The number of nitrogens with one attached hydrogen (secondary N) is 2. The predicted octanol–water partition coefficient (Wildman–Crippen LogP) is 1.91. The number of hydrogen-bond donors (Lipinski definition) is 2. The van der Waals surface area contributed by atoms with Crippen LogP contribution in [-0.2, 0) is 14.6 Å². The van der Waals surface area contributed by atoms with Gasteiger partial charge < -0.3 is 15.4 Å². The van der Waals surface area contributed by atoms with Crippen molar-refractivity contribution in [2.45, 2.75) is 17.9 Å². The van der Waals surface area contributed by atoms with Crippen molar-refractivity contribution in [2.75, 3.05) is 18.2 Å². The fourth-order valence-corrected chi connectivity index (χ4v) is 3.22. The number of benzene rings is 2. The number of fused-ring (bicyclic) bond motifs is 1. The Labute approximate surface area is 151 Å². The van der Waals surface area contributed by atoms with E-state index in [-0.39, 0.29) is 29.4 Å². The lowest BCUT2D eigenvalue weighted by molar-refractivity contribution is -0.118. The van der Waals surface area contributed by atoms with Crippen molar-refractivity contribution in [3.05, 3.63) is 53.6 Å². The van der Waals surface area contributed by atoms with Crippen LogP contribution >= 0.6 is 0 Å². The summed E-state index contributed by atoms with van der Waals surface area (Å²) in [5, 5.41) is 5.51. The summed E-state index contributed by atoms with van der Waals surface area (Å²) in [7, 11) is -3.26. The third-order valence-corrected chi connectivity index (χ3v) is 5.16. The standard InChI is InChI=1S/C18H18N2O5S/c1-11(12-3-6-14(7-4-12)26(2,23)24)19-18(22)13-5-8-16-15(9-13)20-17(21)10-25-16/h3-9,11H,10H2,1-2H3,(H,19,22)(H,20,21). The first-order valence-electron chi connectivity index (χ1n) is 7.91. The van der Waals surface area contributed by atoms with Crippen LogP contribution in [0.15, 0.2) is 47.4 Å². The van der Waals surface area contributed by atoms with Gasteiger partial charge in [0.05, 0.1) is 16.6 Å². The van der Waals surface area contributed by atoms with Crippen molar-refractivity contribution in [1.29, 1.82) is 0 Å². The smallest absolute Gasteiger partial charge is 0.262 e. The second-order valence-corrected chi connectivity index (χ2v) is 8.10. The molecule has 3 rings (SSSR count). The Morgan fingerprint density at radius 1 is 1.19 bits per heavy atom. The molecule has 0 spiro atoms. The summed E-state index contributed by atoms with van der Waals surface area (Å²) in [6.07, 6.45) is 1.14. The van der Waals surface area contributed by atoms with Crippen molar-refractivity contribution in [3.63, 3.8) is 0 Å². The fraction of sp³-hybridized carbons (Fsp3) is 0.222. The Bertz CT molecular complexity index is 968. The Balaban J connectivity index is 1.73. The topological polar surface area (TPSA) is 102 Å². The number of anilines is 1. The van der Waals surface area contributed by atoms with E-state index in [1.165, 1.54) is 12.1 Å². The summed E-state index contributed by atoms with van der Waals surface area (Å²) in [4.78, 5) is 24.1. The summed E-state index contributed by atoms with van der Waals surface area (Å²) in [5.41, 5.74) is 1.62. The van der Waals surface area contributed by atoms with Gasteiger partial charge in [-0.15, -0.1) is 0 Å². The van der Waals surface area contributed by atoms with Gasteiger partial charge in [-0.05, 0) is 42.8 Å². The lowest BCUT2D eigenvalue weighted by Crippen LogP contribution is -2.28. The molecule has 7 nitrogen and oxygen atoms in total. The molecule has 1 aliphatic heterocycles. The number of sulfone groups is 1. The van der Waals surface area contributed by atoms with Gasteiger partial charge in [-0.3, -0.25) is 9.59 Å². The molecule has 0 aromatic heterocycles. The Hall–Kier alpha value is -2.87. The van der Waals surface area contributed by atoms with Crippen LogP contribution in [0.4, 0.5) is 5.69 Å². The minimum absolute atomic E-state index is 0.0426. The average molecular weight is 374 g/mol. The number of rotatable bonds is 4. The average Bonchev–Trinajstić information content (AvgIpc) is 2.60. The summed E-state index contributed by atoms with van der Waals surface area (Å²) in [6.45, 7) is 1.76. The van der Waals surface area contributed by atoms with Gasteiger partial charge >= 0.3 is 0 Å². The molecule has 1 atom stereocenters. The zero-order chi connectivity index (χ0) is 18.9. The van der Waals surface area contributed by atoms with Gasteiger partial charge in [0.15, 0.2) is 16.4 Å². The quantitative estimate of drug-likeness (QED) is 0.851. The summed E-state index contributed by atoms with van der Waals surface area (Å²) >= 11 is 0. The first kappa shape index (κ1) is 17.9. The molecule has 0 aliphatic carbocycles. The van der Waals surface area contributed by atoms with E-state index in [4.69, 9.17) is 4.74 Å². The minimum atomic E-state index is -3.26. The molecule has 0 saturated carbocycles. The largest absolute Gasteiger partial charge is 0.482 e. The number of carbonyl (C=O) groups excluding carboxylic acids is 2. The third-order valence-electron chi connectivity index (χ3n) is 4.03. The first-order valence-corrected chi connectivity index (χ1v) is 9.81. The highest BCUT2D eigenvalue weighted by molar-refractivity contribution is 7.90. The molecule has 0 saturated heterocycles. The van der Waals surface area contributed by atoms with Crippen LogP contribution in [0.3, 0.4) is 0 Å². The second-order valence-electron chi connectivity index (χ2n) is 6.08. The second kappa shape index (κ2) is 6.80. The van der Waals surface area contributed by atoms with Crippen molar-refractivity contribution in [3.8, 4) is 5.75 Å². The van der Waals surface area contributed by atoms with Crippen molar-refractivity contribution in [1.82, 2.24) is 5.32 Å². The molecule has 8 heteroatoms. The van der Waals surface area contributed by atoms with Gasteiger partial charge in [0.25, 0.3) is 11.8 Å². The van der Waals surface area contributed by atoms with Crippen LogP contribution in [0.2, 0.25) is 0 Å². The Morgan fingerprint density at radius 2 is 1.88 bits per heavy atom. The first-order chi connectivity index (χ1) is 12.2. The van der Waals surface area contributed by atoms with Gasteiger partial charge in [-0.1, -0.05) is 12.1 Å². The predicted molar refractivity (Wildman–Crippen MR) is 96.0 cm³/mol. The highest BCUT2D eigenvalue weighted by Crippen LogP contribution is 2.28.